The zero-order valence-electron chi connectivity index (χ0n) is 17.5. The molecule has 4 rings (SSSR count). The number of carbonyl (C=O) groups excluding carboxylic acids is 1. The van der Waals surface area contributed by atoms with E-state index < -0.39 is 5.91 Å². The van der Waals surface area contributed by atoms with E-state index in [1.807, 2.05) is 31.4 Å². The Morgan fingerprint density at radius 1 is 1.32 bits per heavy atom. The Morgan fingerprint density at radius 2 is 2.10 bits per heavy atom. The average molecular weight is 433 g/mol. The molecule has 0 bridgehead atoms. The predicted octanol–water partition coefficient (Wildman–Crippen LogP) is 3.91. The topological polar surface area (TPSA) is 123 Å². The molecular formula is C22H20N6O2S. The summed E-state index contributed by atoms with van der Waals surface area (Å²) < 4.78 is 7.13. The highest BCUT2D eigenvalue weighted by Gasteiger charge is 2.19. The number of primary amides is 1. The number of hydrogen-bond donors (Lipinski definition) is 2. The van der Waals surface area contributed by atoms with Gasteiger partial charge in [-0.15, -0.1) is 11.3 Å². The van der Waals surface area contributed by atoms with Crippen LogP contribution in [0.5, 0.6) is 5.88 Å². The van der Waals surface area contributed by atoms with Crippen LogP contribution in [0.1, 0.15) is 38.0 Å². The van der Waals surface area contributed by atoms with Gasteiger partial charge in [-0.2, -0.15) is 5.26 Å². The summed E-state index contributed by atoms with van der Waals surface area (Å²) in [4.78, 5) is 24.7. The fourth-order valence-electron chi connectivity index (χ4n) is 3.53. The number of nitrogens with one attached hydrogen (secondary N) is 1. The second-order valence-electron chi connectivity index (χ2n) is 7.10. The molecule has 9 heteroatoms. The molecule has 0 saturated carbocycles. The number of carbonyl (C=O) groups is 1. The van der Waals surface area contributed by atoms with Gasteiger partial charge in [-0.05, 0) is 44.5 Å². The average Bonchev–Trinajstić information content (AvgIpc) is 3.40. The molecule has 1 amide bonds. The molecule has 31 heavy (non-hydrogen) atoms. The van der Waals surface area contributed by atoms with E-state index in [-0.39, 0.29) is 0 Å². The van der Waals surface area contributed by atoms with Gasteiger partial charge in [0.2, 0.25) is 5.88 Å². The van der Waals surface area contributed by atoms with E-state index in [9.17, 15) is 10.1 Å². The molecule has 0 aliphatic rings. The van der Waals surface area contributed by atoms with Crippen LogP contribution in [0.4, 0.5) is 0 Å². The number of H-pyrrole nitrogens is 1. The number of nitrogens with two attached hydrogens (primary N) is 1. The fraction of sp³-hybridized carbons (Fsp3) is 0.182. The molecule has 0 atom stereocenters. The summed E-state index contributed by atoms with van der Waals surface area (Å²) >= 11 is 1.50. The quantitative estimate of drug-likeness (QED) is 0.463. The number of imidazole rings is 1. The summed E-state index contributed by atoms with van der Waals surface area (Å²) in [5.74, 6) is 0.434. The predicted molar refractivity (Wildman–Crippen MR) is 120 cm³/mol. The minimum atomic E-state index is -0.465. The zero-order chi connectivity index (χ0) is 22.3. The van der Waals surface area contributed by atoms with Crippen molar-refractivity contribution >= 4 is 39.9 Å². The smallest absolute Gasteiger partial charge is 0.251 e. The molecule has 4 aromatic heterocycles. The molecule has 0 aliphatic carbocycles. The lowest BCUT2D eigenvalue weighted by atomic mass is 10.1. The standard InChI is InChI=1S/C22H20N6O2S/c1-11-5-14(13(3)28(11)22-16(20(24)29)6-12(2)31-22)7-15(9-23)21-26-17-8-19(30-4)25-10-18(17)27-21/h5-8,10H,1-4H3,(H2,24,29)(H,26,27). The van der Waals surface area contributed by atoms with E-state index in [2.05, 4.69) is 21.0 Å². The van der Waals surface area contributed by atoms with E-state index in [0.29, 0.717) is 33.9 Å². The number of allylic oxidation sites excluding steroid dienone is 1. The largest absolute Gasteiger partial charge is 0.481 e. The first-order valence-electron chi connectivity index (χ1n) is 9.43. The van der Waals surface area contributed by atoms with Gasteiger partial charge >= 0.3 is 0 Å². The van der Waals surface area contributed by atoms with E-state index in [1.54, 1.807) is 24.4 Å². The van der Waals surface area contributed by atoms with Gasteiger partial charge in [0.15, 0.2) is 0 Å². The van der Waals surface area contributed by atoms with Crippen LogP contribution < -0.4 is 10.5 Å². The monoisotopic (exact) mass is 432 g/mol. The number of rotatable bonds is 5. The minimum absolute atomic E-state index is 0.382. The fourth-order valence-corrected chi connectivity index (χ4v) is 4.65. The molecule has 156 valence electrons. The van der Waals surface area contributed by atoms with Crippen LogP contribution in [0.25, 0.3) is 27.7 Å². The number of amides is 1. The van der Waals surface area contributed by atoms with E-state index in [1.165, 1.54) is 18.4 Å². The van der Waals surface area contributed by atoms with Crippen molar-refractivity contribution in [1.29, 1.82) is 5.26 Å². The number of hydrogen-bond acceptors (Lipinski definition) is 6. The molecule has 0 aliphatic heterocycles. The summed E-state index contributed by atoms with van der Waals surface area (Å²) in [6.07, 6.45) is 3.40. The molecule has 0 fully saturated rings. The van der Waals surface area contributed by atoms with Crippen molar-refractivity contribution in [3.05, 3.63) is 57.6 Å². The molecule has 0 radical (unpaired) electrons. The number of aromatic nitrogens is 4. The molecule has 3 N–H and O–H groups in total. The number of aryl methyl sites for hydroxylation is 2. The van der Waals surface area contributed by atoms with Crippen LogP contribution >= 0.6 is 11.3 Å². The summed E-state index contributed by atoms with van der Waals surface area (Å²) in [6, 6.07) is 7.70. The van der Waals surface area contributed by atoms with E-state index in [4.69, 9.17) is 10.5 Å². The van der Waals surface area contributed by atoms with Gasteiger partial charge in [-0.1, -0.05) is 0 Å². The Labute approximate surface area is 182 Å². The maximum absolute atomic E-state index is 11.9. The highest BCUT2D eigenvalue weighted by Crippen LogP contribution is 2.32. The Balaban J connectivity index is 1.81. The third-order valence-corrected chi connectivity index (χ3v) is 6.04. The van der Waals surface area contributed by atoms with Crippen molar-refractivity contribution in [3.63, 3.8) is 0 Å². The summed E-state index contributed by atoms with van der Waals surface area (Å²) in [5.41, 5.74) is 10.5. The Morgan fingerprint density at radius 3 is 2.77 bits per heavy atom. The summed E-state index contributed by atoms with van der Waals surface area (Å²) in [5, 5.41) is 10.6. The van der Waals surface area contributed by atoms with Crippen LogP contribution in [0.2, 0.25) is 0 Å². The van der Waals surface area contributed by atoms with Crippen molar-refractivity contribution < 1.29 is 9.53 Å². The number of methoxy groups -OCH3 is 1. The highest BCUT2D eigenvalue weighted by atomic mass is 32.1. The Bertz CT molecular complexity index is 1400. The summed E-state index contributed by atoms with van der Waals surface area (Å²) in [7, 11) is 1.54. The maximum Gasteiger partial charge on any atom is 0.251 e. The molecular weight excluding hydrogens is 412 g/mol. The van der Waals surface area contributed by atoms with Crippen LogP contribution in [-0.2, 0) is 0 Å². The highest BCUT2D eigenvalue weighted by molar-refractivity contribution is 7.14. The first kappa shape index (κ1) is 20.4. The first-order valence-corrected chi connectivity index (χ1v) is 10.3. The third-order valence-electron chi connectivity index (χ3n) is 5.00. The number of fused-ring (bicyclic) bond motifs is 1. The Hall–Kier alpha value is -3.90. The van der Waals surface area contributed by atoms with Gasteiger partial charge in [-0.25, -0.2) is 9.97 Å². The lowest BCUT2D eigenvalue weighted by molar-refractivity contribution is 0.100. The molecule has 4 heterocycles. The van der Waals surface area contributed by atoms with Gasteiger partial charge in [0, 0.05) is 22.3 Å². The SMILES string of the molecule is COc1cc2nc(C(C#N)=Cc3cc(C)n(-c4sc(C)cc4C(N)=O)c3C)[nH]c2cn1. The lowest BCUT2D eigenvalue weighted by Gasteiger charge is -2.09. The number of pyridine rings is 1. The van der Waals surface area contributed by atoms with Crippen LogP contribution in [0, 0.1) is 32.1 Å². The lowest BCUT2D eigenvalue weighted by Crippen LogP contribution is -2.13. The number of nitrogens with zero attached hydrogens (tertiary/aromatic N) is 4. The third kappa shape index (κ3) is 3.58. The number of ether oxygens (including phenoxy) is 1. The summed E-state index contributed by atoms with van der Waals surface area (Å²) in [6.45, 7) is 5.84. The number of aromatic amines is 1. The molecule has 0 unspecified atom stereocenters. The molecule has 0 spiro atoms. The van der Waals surface area contributed by atoms with Crippen molar-refractivity contribution in [2.45, 2.75) is 20.8 Å². The second kappa shape index (κ2) is 7.74. The molecule has 0 aromatic carbocycles. The maximum atomic E-state index is 11.9. The second-order valence-corrected chi connectivity index (χ2v) is 8.34. The molecule has 4 aromatic rings. The van der Waals surface area contributed by atoms with E-state index >= 15 is 0 Å². The first-order chi connectivity index (χ1) is 14.8. The van der Waals surface area contributed by atoms with Crippen molar-refractivity contribution in [2.24, 2.45) is 5.73 Å². The number of thiophene rings is 1. The normalized spacial score (nSPS) is 11.6. The Kier molecular flexibility index (Phi) is 5.09. The zero-order valence-corrected chi connectivity index (χ0v) is 18.3. The van der Waals surface area contributed by atoms with E-state index in [0.717, 1.165) is 26.8 Å². The van der Waals surface area contributed by atoms with Crippen molar-refractivity contribution in [2.75, 3.05) is 7.11 Å². The molecule has 0 saturated heterocycles. The van der Waals surface area contributed by atoms with Gasteiger partial charge in [0.25, 0.3) is 5.91 Å². The van der Waals surface area contributed by atoms with Crippen molar-refractivity contribution in [3.8, 4) is 17.0 Å². The van der Waals surface area contributed by atoms with Gasteiger partial charge in [-0.3, -0.25) is 4.79 Å². The molecule has 8 nitrogen and oxygen atoms in total. The van der Waals surface area contributed by atoms with Gasteiger partial charge in [0.1, 0.15) is 16.9 Å². The van der Waals surface area contributed by atoms with Crippen molar-refractivity contribution in [1.82, 2.24) is 19.5 Å². The van der Waals surface area contributed by atoms with Gasteiger partial charge in [0.05, 0.1) is 35.5 Å². The number of nitriles is 1. The van der Waals surface area contributed by atoms with Gasteiger partial charge < -0.3 is 20.0 Å². The minimum Gasteiger partial charge on any atom is -0.481 e. The van der Waals surface area contributed by atoms with Crippen LogP contribution in [-0.4, -0.2) is 32.5 Å². The van der Waals surface area contributed by atoms with Crippen LogP contribution in [0.15, 0.2) is 24.4 Å². The van der Waals surface area contributed by atoms with Crippen LogP contribution in [0.3, 0.4) is 0 Å².